The van der Waals surface area contributed by atoms with Crippen LogP contribution in [0, 0.1) is 12.8 Å². The van der Waals surface area contributed by atoms with Crippen molar-refractivity contribution in [2.45, 2.75) is 67.0 Å². The van der Waals surface area contributed by atoms with E-state index in [4.69, 9.17) is 0 Å². The van der Waals surface area contributed by atoms with E-state index in [9.17, 15) is 9.59 Å². The molecule has 1 aromatic carbocycles. The maximum atomic E-state index is 13.2. The van der Waals surface area contributed by atoms with Gasteiger partial charge in [0.15, 0.2) is 0 Å². The van der Waals surface area contributed by atoms with Crippen LogP contribution in [-0.2, 0) is 22.7 Å². The molecular formula is C26H39N3O2. The fraction of sp³-hybridized carbons (Fsp3) is 0.538. The minimum Gasteiger partial charge on any atom is -0.345 e. The number of nitrogens with zero attached hydrogens (tertiary/aromatic N) is 3. The fourth-order valence-electron chi connectivity index (χ4n) is 3.76. The molecule has 0 atom stereocenters. The zero-order valence-corrected chi connectivity index (χ0v) is 19.9. The first-order valence-corrected chi connectivity index (χ1v) is 11.6. The van der Waals surface area contributed by atoms with Gasteiger partial charge >= 0.3 is 0 Å². The van der Waals surface area contributed by atoms with Gasteiger partial charge < -0.3 is 14.4 Å². The number of benzene rings is 1. The van der Waals surface area contributed by atoms with E-state index in [-0.39, 0.29) is 24.3 Å². The number of aryl methyl sites for hydroxylation is 1. The molecule has 0 fully saturated rings. The molecule has 0 aliphatic carbocycles. The van der Waals surface area contributed by atoms with Crippen LogP contribution in [0.2, 0.25) is 0 Å². The van der Waals surface area contributed by atoms with Crippen molar-refractivity contribution >= 4 is 11.8 Å². The Kier molecular flexibility index (Phi) is 9.83. The minimum atomic E-state index is -0.102. The number of hydrogen-bond donors (Lipinski definition) is 0. The zero-order chi connectivity index (χ0) is 22.8. The molecule has 0 spiro atoms. The molecule has 0 bridgehead atoms. The van der Waals surface area contributed by atoms with Crippen LogP contribution in [0.25, 0.3) is 0 Å². The van der Waals surface area contributed by atoms with Crippen molar-refractivity contribution < 1.29 is 9.59 Å². The monoisotopic (exact) mass is 425 g/mol. The Balaban J connectivity index is 2.15. The Morgan fingerprint density at radius 2 is 1.77 bits per heavy atom. The summed E-state index contributed by atoms with van der Waals surface area (Å²) in [4.78, 5) is 29.4. The Hall–Kier alpha value is -2.56. The van der Waals surface area contributed by atoms with Crippen molar-refractivity contribution in [2.75, 3.05) is 19.6 Å². The largest absolute Gasteiger partial charge is 0.345 e. The standard InChI is InChI=1S/C26H39N3O2/c1-6-8-15-28(25(30)20-29(14-7-2)26(31)21(3)4)19-24-13-10-16-27(24)18-23-12-9-11-22(5)17-23/h9-13,16-17,21H,6-8,14-15,18-20H2,1-5H3. The van der Waals surface area contributed by atoms with Crippen LogP contribution < -0.4 is 0 Å². The Morgan fingerprint density at radius 3 is 2.42 bits per heavy atom. The van der Waals surface area contributed by atoms with E-state index in [1.165, 1.54) is 11.1 Å². The van der Waals surface area contributed by atoms with Crippen molar-refractivity contribution in [1.29, 1.82) is 0 Å². The molecule has 0 unspecified atom stereocenters. The molecule has 1 heterocycles. The molecule has 1 aromatic heterocycles. The second-order valence-electron chi connectivity index (χ2n) is 8.70. The van der Waals surface area contributed by atoms with Gasteiger partial charge in [-0.05, 0) is 37.5 Å². The van der Waals surface area contributed by atoms with Gasteiger partial charge in [-0.3, -0.25) is 9.59 Å². The van der Waals surface area contributed by atoms with E-state index in [0.717, 1.165) is 31.5 Å². The summed E-state index contributed by atoms with van der Waals surface area (Å²) in [6, 6.07) is 12.6. The molecular weight excluding hydrogens is 386 g/mol. The first-order chi connectivity index (χ1) is 14.8. The van der Waals surface area contributed by atoms with E-state index < -0.39 is 0 Å². The molecule has 170 valence electrons. The van der Waals surface area contributed by atoms with E-state index in [0.29, 0.717) is 19.6 Å². The molecule has 0 radical (unpaired) electrons. The zero-order valence-electron chi connectivity index (χ0n) is 19.9. The van der Waals surface area contributed by atoms with Crippen LogP contribution in [0.3, 0.4) is 0 Å². The average molecular weight is 426 g/mol. The second kappa shape index (κ2) is 12.3. The van der Waals surface area contributed by atoms with Gasteiger partial charge in [-0.2, -0.15) is 0 Å². The lowest BCUT2D eigenvalue weighted by atomic mass is 10.1. The quantitative estimate of drug-likeness (QED) is 0.487. The van der Waals surface area contributed by atoms with Crippen molar-refractivity contribution in [3.05, 3.63) is 59.4 Å². The Morgan fingerprint density at radius 1 is 1.00 bits per heavy atom. The summed E-state index contributed by atoms with van der Waals surface area (Å²) in [7, 11) is 0. The normalized spacial score (nSPS) is 11.0. The van der Waals surface area contributed by atoms with Crippen molar-refractivity contribution in [3.8, 4) is 0 Å². The second-order valence-corrected chi connectivity index (χ2v) is 8.70. The molecule has 5 nitrogen and oxygen atoms in total. The SMILES string of the molecule is CCCCN(Cc1cccn1Cc1cccc(C)c1)C(=O)CN(CCC)C(=O)C(C)C. The summed E-state index contributed by atoms with van der Waals surface area (Å²) in [6.07, 6.45) is 4.90. The van der Waals surface area contributed by atoms with Crippen LogP contribution in [0.5, 0.6) is 0 Å². The third-order valence-electron chi connectivity index (χ3n) is 5.47. The number of carbonyl (C=O) groups is 2. The molecule has 2 aromatic rings. The Labute approximate surface area is 188 Å². The highest BCUT2D eigenvalue weighted by Gasteiger charge is 2.23. The van der Waals surface area contributed by atoms with Gasteiger partial charge in [0.25, 0.3) is 0 Å². The van der Waals surface area contributed by atoms with Gasteiger partial charge in [0.2, 0.25) is 11.8 Å². The summed E-state index contributed by atoms with van der Waals surface area (Å²) in [6.45, 7) is 12.9. The predicted molar refractivity (Wildman–Crippen MR) is 127 cm³/mol. The summed E-state index contributed by atoms with van der Waals surface area (Å²) < 4.78 is 2.21. The van der Waals surface area contributed by atoms with Gasteiger partial charge in [-0.1, -0.05) is 63.9 Å². The third kappa shape index (κ3) is 7.57. The topological polar surface area (TPSA) is 45.6 Å². The van der Waals surface area contributed by atoms with Gasteiger partial charge in [-0.15, -0.1) is 0 Å². The van der Waals surface area contributed by atoms with Crippen LogP contribution in [0.4, 0.5) is 0 Å². The third-order valence-corrected chi connectivity index (χ3v) is 5.47. The fourth-order valence-corrected chi connectivity index (χ4v) is 3.76. The van der Waals surface area contributed by atoms with E-state index >= 15 is 0 Å². The van der Waals surface area contributed by atoms with Crippen LogP contribution in [-0.4, -0.2) is 45.8 Å². The molecule has 5 heteroatoms. The minimum absolute atomic E-state index is 0.0270. The predicted octanol–water partition coefficient (Wildman–Crippen LogP) is 4.87. The highest BCUT2D eigenvalue weighted by molar-refractivity contribution is 5.85. The molecule has 0 aliphatic heterocycles. The highest BCUT2D eigenvalue weighted by Crippen LogP contribution is 2.14. The number of hydrogen-bond acceptors (Lipinski definition) is 2. The van der Waals surface area contributed by atoms with E-state index in [1.54, 1.807) is 4.90 Å². The molecule has 0 saturated carbocycles. The lowest BCUT2D eigenvalue weighted by Crippen LogP contribution is -2.44. The summed E-state index contributed by atoms with van der Waals surface area (Å²) in [5.41, 5.74) is 3.61. The van der Waals surface area contributed by atoms with Gasteiger partial charge in [0.05, 0.1) is 13.1 Å². The van der Waals surface area contributed by atoms with E-state index in [1.807, 2.05) is 31.7 Å². The number of aromatic nitrogens is 1. The number of amides is 2. The summed E-state index contributed by atoms with van der Waals surface area (Å²) in [5, 5.41) is 0. The maximum Gasteiger partial charge on any atom is 0.242 e. The molecule has 31 heavy (non-hydrogen) atoms. The molecule has 0 N–H and O–H groups in total. The first-order valence-electron chi connectivity index (χ1n) is 11.6. The van der Waals surface area contributed by atoms with E-state index in [2.05, 4.69) is 54.9 Å². The Bertz CT molecular complexity index is 841. The molecule has 0 aliphatic rings. The van der Waals surface area contributed by atoms with Gasteiger partial charge in [0.1, 0.15) is 0 Å². The number of rotatable bonds is 12. The van der Waals surface area contributed by atoms with Crippen molar-refractivity contribution in [1.82, 2.24) is 14.4 Å². The summed E-state index contributed by atoms with van der Waals surface area (Å²) in [5.74, 6) is -0.0253. The first kappa shape index (κ1) is 24.7. The van der Waals surface area contributed by atoms with Crippen LogP contribution in [0.1, 0.15) is 63.8 Å². The lowest BCUT2D eigenvalue weighted by Gasteiger charge is -2.29. The highest BCUT2D eigenvalue weighted by atomic mass is 16.2. The number of carbonyl (C=O) groups excluding carboxylic acids is 2. The molecule has 2 amide bonds. The van der Waals surface area contributed by atoms with Crippen LogP contribution in [0.15, 0.2) is 42.6 Å². The van der Waals surface area contributed by atoms with Crippen molar-refractivity contribution in [3.63, 3.8) is 0 Å². The smallest absolute Gasteiger partial charge is 0.242 e. The van der Waals surface area contributed by atoms with Gasteiger partial charge in [0, 0.05) is 37.4 Å². The lowest BCUT2D eigenvalue weighted by molar-refractivity contribution is -0.142. The van der Waals surface area contributed by atoms with Crippen molar-refractivity contribution in [2.24, 2.45) is 5.92 Å². The maximum absolute atomic E-state index is 13.2. The molecule has 2 rings (SSSR count). The molecule has 0 saturated heterocycles. The summed E-state index contributed by atoms with van der Waals surface area (Å²) >= 11 is 0. The number of unbranched alkanes of at least 4 members (excludes halogenated alkanes) is 1. The average Bonchev–Trinajstić information content (AvgIpc) is 3.16. The van der Waals surface area contributed by atoms with Gasteiger partial charge in [-0.25, -0.2) is 0 Å². The van der Waals surface area contributed by atoms with Crippen LogP contribution >= 0.6 is 0 Å².